The summed E-state index contributed by atoms with van der Waals surface area (Å²) in [5.74, 6) is -0.738. The van der Waals surface area contributed by atoms with E-state index in [1.165, 1.54) is 14.1 Å². The van der Waals surface area contributed by atoms with Crippen molar-refractivity contribution in [1.29, 1.82) is 0 Å². The smallest absolute Gasteiger partial charge is 0.386 e. The molecule has 6 rings (SSSR count). The van der Waals surface area contributed by atoms with Crippen LogP contribution >= 0.6 is 0 Å². The van der Waals surface area contributed by atoms with Gasteiger partial charge in [0.25, 0.3) is 0 Å². The van der Waals surface area contributed by atoms with Gasteiger partial charge >= 0.3 is 6.18 Å². The molecule has 0 amide bonds. The summed E-state index contributed by atoms with van der Waals surface area (Å²) in [5, 5.41) is 11.8. The zero-order valence-corrected chi connectivity index (χ0v) is 26.7. The third-order valence-electron chi connectivity index (χ3n) is 11.5. The van der Waals surface area contributed by atoms with Crippen LogP contribution in [0.25, 0.3) is 11.1 Å². The van der Waals surface area contributed by atoms with Crippen LogP contribution in [0.2, 0.25) is 0 Å². The monoisotopic (exact) mass is 645 g/mol. The fourth-order valence-electron chi connectivity index (χ4n) is 8.91. The summed E-state index contributed by atoms with van der Waals surface area (Å²) < 4.78 is 84.6. The predicted octanol–water partition coefficient (Wildman–Crippen LogP) is 7.53. The van der Waals surface area contributed by atoms with Gasteiger partial charge in [-0.05, 0) is 103 Å². The SMILES string of the molecule is CN(C)S(=O)(=O)c1ccc(-c2ccc(C3CC4(C)C(CC[C@@]4(O)C(C)(F)C(F)(F)F)C4CCC5=CC(=O)CCC5=C34)cc2)cc1. The van der Waals surface area contributed by atoms with Crippen LogP contribution in [0.3, 0.4) is 0 Å². The lowest BCUT2D eigenvalue weighted by atomic mass is 9.49. The Morgan fingerprint density at radius 1 is 0.911 bits per heavy atom. The Morgan fingerprint density at radius 3 is 2.09 bits per heavy atom. The van der Waals surface area contributed by atoms with E-state index in [-0.39, 0.29) is 41.3 Å². The molecule has 0 heterocycles. The van der Waals surface area contributed by atoms with E-state index in [2.05, 4.69) is 0 Å². The number of alkyl halides is 4. The second kappa shape index (κ2) is 10.6. The zero-order valence-electron chi connectivity index (χ0n) is 25.9. The third-order valence-corrected chi connectivity index (χ3v) is 13.3. The number of allylic oxidation sites excluding steroid dienone is 4. The molecular formula is C35H39F4NO4S. The van der Waals surface area contributed by atoms with Crippen molar-refractivity contribution in [2.75, 3.05) is 14.1 Å². The number of hydrogen-bond donors (Lipinski definition) is 1. The van der Waals surface area contributed by atoms with Crippen molar-refractivity contribution in [3.63, 3.8) is 0 Å². The van der Waals surface area contributed by atoms with Crippen molar-refractivity contribution in [2.24, 2.45) is 17.3 Å². The van der Waals surface area contributed by atoms with E-state index in [0.717, 1.165) is 37.7 Å². The molecule has 2 fully saturated rings. The van der Waals surface area contributed by atoms with Gasteiger partial charge in [0.2, 0.25) is 15.7 Å². The average Bonchev–Trinajstić information content (AvgIpc) is 3.27. The number of ketones is 1. The lowest BCUT2D eigenvalue weighted by molar-refractivity contribution is -0.306. The maximum atomic E-state index is 15.9. The van der Waals surface area contributed by atoms with Crippen LogP contribution in [-0.2, 0) is 14.8 Å². The fourth-order valence-corrected chi connectivity index (χ4v) is 9.81. The number of carbonyl (C=O) groups is 1. The molecule has 242 valence electrons. The number of nitrogens with zero attached hydrogens (tertiary/aromatic N) is 1. The number of fused-ring (bicyclic) bond motifs is 4. The molecule has 0 spiro atoms. The Morgan fingerprint density at radius 2 is 1.51 bits per heavy atom. The molecule has 4 aliphatic rings. The maximum Gasteiger partial charge on any atom is 0.425 e. The van der Waals surface area contributed by atoms with E-state index >= 15 is 4.39 Å². The zero-order chi connectivity index (χ0) is 32.7. The van der Waals surface area contributed by atoms with E-state index in [1.807, 2.05) is 24.3 Å². The molecule has 0 aromatic heterocycles. The average molecular weight is 646 g/mol. The molecule has 0 aliphatic heterocycles. The van der Waals surface area contributed by atoms with Gasteiger partial charge < -0.3 is 5.11 Å². The summed E-state index contributed by atoms with van der Waals surface area (Å²) in [6.45, 7) is 2.14. The highest BCUT2D eigenvalue weighted by atomic mass is 32.2. The summed E-state index contributed by atoms with van der Waals surface area (Å²) >= 11 is 0. The first kappa shape index (κ1) is 32.1. The summed E-state index contributed by atoms with van der Waals surface area (Å²) in [4.78, 5) is 12.5. The van der Waals surface area contributed by atoms with Gasteiger partial charge in [0.15, 0.2) is 5.78 Å². The molecule has 2 aromatic rings. The third kappa shape index (κ3) is 4.76. The highest BCUT2D eigenvalue weighted by Crippen LogP contribution is 2.70. The number of sulfonamides is 1. The van der Waals surface area contributed by atoms with Crippen LogP contribution in [0, 0.1) is 17.3 Å². The Balaban J connectivity index is 1.43. The minimum atomic E-state index is -5.23. The van der Waals surface area contributed by atoms with Gasteiger partial charge in [-0.25, -0.2) is 17.1 Å². The van der Waals surface area contributed by atoms with Crippen LogP contribution in [-0.4, -0.2) is 55.2 Å². The van der Waals surface area contributed by atoms with Crippen molar-refractivity contribution >= 4 is 15.8 Å². The molecule has 1 N–H and O–H groups in total. The van der Waals surface area contributed by atoms with Gasteiger partial charge in [-0.3, -0.25) is 4.79 Å². The van der Waals surface area contributed by atoms with Crippen molar-refractivity contribution in [2.45, 2.75) is 87.1 Å². The summed E-state index contributed by atoms with van der Waals surface area (Å²) in [6, 6.07) is 14.2. The Kier molecular flexibility index (Phi) is 7.57. The lowest BCUT2D eigenvalue weighted by Gasteiger charge is -2.57. The maximum absolute atomic E-state index is 15.9. The van der Waals surface area contributed by atoms with Gasteiger partial charge in [-0.1, -0.05) is 48.9 Å². The van der Waals surface area contributed by atoms with Crippen molar-refractivity contribution in [3.05, 3.63) is 76.9 Å². The lowest BCUT2D eigenvalue weighted by Crippen LogP contribution is -2.65. The van der Waals surface area contributed by atoms with Crippen molar-refractivity contribution < 1.29 is 35.9 Å². The van der Waals surface area contributed by atoms with Gasteiger partial charge in [-0.2, -0.15) is 13.2 Å². The summed E-state index contributed by atoms with van der Waals surface area (Å²) in [5.41, 5.74) is -2.00. The number of benzene rings is 2. The van der Waals surface area contributed by atoms with E-state index in [9.17, 15) is 31.5 Å². The van der Waals surface area contributed by atoms with E-state index in [4.69, 9.17) is 0 Å². The minimum absolute atomic E-state index is 0.0763. The molecule has 10 heteroatoms. The number of hydrogen-bond acceptors (Lipinski definition) is 4. The quantitative estimate of drug-likeness (QED) is 0.342. The number of rotatable bonds is 5. The van der Waals surface area contributed by atoms with Crippen LogP contribution in [0.4, 0.5) is 17.6 Å². The Bertz CT molecular complexity index is 1690. The molecule has 2 saturated carbocycles. The first-order valence-corrected chi connectivity index (χ1v) is 16.9. The highest BCUT2D eigenvalue weighted by molar-refractivity contribution is 7.89. The molecule has 2 aromatic carbocycles. The first-order chi connectivity index (χ1) is 20.9. The second-order valence-electron chi connectivity index (χ2n) is 13.8. The molecule has 0 saturated heterocycles. The first-order valence-electron chi connectivity index (χ1n) is 15.5. The minimum Gasteiger partial charge on any atom is -0.386 e. The van der Waals surface area contributed by atoms with Crippen molar-refractivity contribution in [3.8, 4) is 11.1 Å². The largest absolute Gasteiger partial charge is 0.425 e. The summed E-state index contributed by atoms with van der Waals surface area (Å²) in [7, 11) is -0.642. The highest BCUT2D eigenvalue weighted by Gasteiger charge is 2.75. The van der Waals surface area contributed by atoms with E-state index in [1.54, 1.807) is 37.3 Å². The predicted molar refractivity (Wildman–Crippen MR) is 164 cm³/mol. The van der Waals surface area contributed by atoms with Gasteiger partial charge in [0.05, 0.1) is 4.90 Å². The standard InChI is InChI=1S/C35H39F4NO4S/c1-32-20-29(23-7-5-21(6-8-23)22-9-13-26(14-10-22)45(43,44)40(3)4)31-27-16-12-25(41)19-24(27)11-15-28(31)30(32)17-18-34(32,42)33(2,36)35(37,38)39/h5-10,13-14,19,28-30,42H,11-12,15-18,20H2,1-4H3/t28?,29?,30?,32?,33?,34-/m0/s1. The molecule has 0 radical (unpaired) electrons. The van der Waals surface area contributed by atoms with Crippen molar-refractivity contribution in [1.82, 2.24) is 4.31 Å². The number of aliphatic hydroxyl groups is 1. The van der Waals surface area contributed by atoms with E-state index < -0.39 is 32.9 Å². The Labute approximate surface area is 262 Å². The Hall–Kier alpha value is -2.82. The molecular weight excluding hydrogens is 606 g/mol. The van der Waals surface area contributed by atoms with Crippen LogP contribution < -0.4 is 0 Å². The number of carbonyl (C=O) groups excluding carboxylic acids is 1. The van der Waals surface area contributed by atoms with Crippen LogP contribution in [0.15, 0.2) is 76.2 Å². The van der Waals surface area contributed by atoms with Crippen LogP contribution in [0.1, 0.15) is 70.3 Å². The molecule has 6 atom stereocenters. The molecule has 0 bridgehead atoms. The fraction of sp³-hybridized carbons (Fsp3) is 0.514. The van der Waals surface area contributed by atoms with E-state index in [0.29, 0.717) is 39.0 Å². The molecule has 5 unspecified atom stereocenters. The van der Waals surface area contributed by atoms with Gasteiger partial charge in [-0.15, -0.1) is 0 Å². The normalized spacial score (nSPS) is 31.6. The molecule has 4 aliphatic carbocycles. The topological polar surface area (TPSA) is 74.7 Å². The van der Waals surface area contributed by atoms with Crippen LogP contribution in [0.5, 0.6) is 0 Å². The number of halogens is 4. The summed E-state index contributed by atoms with van der Waals surface area (Å²) in [6.07, 6.45) is -1.12. The second-order valence-corrected chi connectivity index (χ2v) is 16.0. The molecule has 45 heavy (non-hydrogen) atoms. The van der Waals surface area contributed by atoms with Gasteiger partial charge in [0, 0.05) is 31.8 Å². The molecule has 5 nitrogen and oxygen atoms in total. The van der Waals surface area contributed by atoms with Gasteiger partial charge in [0.1, 0.15) is 5.60 Å².